The van der Waals surface area contributed by atoms with Crippen molar-refractivity contribution >= 4 is 0 Å². The fourth-order valence-electron chi connectivity index (χ4n) is 3.01. The maximum Gasteiger partial charge on any atom is 0.0702 e. The van der Waals surface area contributed by atoms with Crippen molar-refractivity contribution < 1.29 is 4.74 Å². The lowest BCUT2D eigenvalue weighted by Gasteiger charge is -2.34. The second-order valence-electron chi connectivity index (χ2n) is 5.07. The molecule has 1 aromatic heterocycles. The van der Waals surface area contributed by atoms with E-state index in [1.807, 2.05) is 12.3 Å². The van der Waals surface area contributed by atoms with Crippen molar-refractivity contribution in [2.24, 2.45) is 0 Å². The van der Waals surface area contributed by atoms with Crippen LogP contribution in [0.25, 0.3) is 0 Å². The van der Waals surface area contributed by atoms with Crippen LogP contribution < -0.4 is 5.32 Å². The Balaban J connectivity index is 2.26. The number of pyridine rings is 1. The summed E-state index contributed by atoms with van der Waals surface area (Å²) < 4.78 is 5.54. The Hall–Kier alpha value is -0.930. The van der Waals surface area contributed by atoms with Gasteiger partial charge in [0.15, 0.2) is 0 Å². The second-order valence-corrected chi connectivity index (χ2v) is 5.07. The number of aromatic nitrogens is 1. The van der Waals surface area contributed by atoms with E-state index in [0.29, 0.717) is 12.0 Å². The Kier molecular flexibility index (Phi) is 4.72. The molecule has 3 nitrogen and oxygen atoms in total. The third-order valence-electron chi connectivity index (χ3n) is 3.99. The number of ether oxygens (including phenoxy) is 1. The number of aryl methyl sites for hydroxylation is 1. The van der Waals surface area contributed by atoms with E-state index < -0.39 is 0 Å². The Morgan fingerprint density at radius 1 is 1.56 bits per heavy atom. The summed E-state index contributed by atoms with van der Waals surface area (Å²) in [5.74, 6) is 0.477. The number of rotatable bonds is 5. The minimum absolute atomic E-state index is 0.211. The zero-order valence-corrected chi connectivity index (χ0v) is 11.6. The maximum atomic E-state index is 5.54. The van der Waals surface area contributed by atoms with E-state index in [4.69, 9.17) is 4.74 Å². The number of methoxy groups -OCH3 is 1. The minimum atomic E-state index is 0.211. The van der Waals surface area contributed by atoms with Crippen molar-refractivity contribution in [2.75, 3.05) is 13.7 Å². The summed E-state index contributed by atoms with van der Waals surface area (Å²) >= 11 is 0. The second kappa shape index (κ2) is 6.30. The smallest absolute Gasteiger partial charge is 0.0702 e. The first-order chi connectivity index (χ1) is 8.77. The quantitative estimate of drug-likeness (QED) is 0.869. The minimum Gasteiger partial charge on any atom is -0.380 e. The van der Waals surface area contributed by atoms with Gasteiger partial charge in [0.25, 0.3) is 0 Å². The molecule has 0 bridgehead atoms. The molecule has 18 heavy (non-hydrogen) atoms. The van der Waals surface area contributed by atoms with Gasteiger partial charge in [0, 0.05) is 31.0 Å². The van der Waals surface area contributed by atoms with Gasteiger partial charge in [0.2, 0.25) is 0 Å². The van der Waals surface area contributed by atoms with E-state index in [-0.39, 0.29) is 6.10 Å². The number of hydrogen-bond acceptors (Lipinski definition) is 3. The van der Waals surface area contributed by atoms with Crippen LogP contribution in [-0.4, -0.2) is 30.8 Å². The molecule has 1 N–H and O–H groups in total. The first kappa shape index (κ1) is 13.5. The molecular formula is C15H24N2O. The Bertz CT molecular complexity index is 381. The van der Waals surface area contributed by atoms with Crippen LogP contribution >= 0.6 is 0 Å². The number of hydrogen-bond donors (Lipinski definition) is 1. The first-order valence-corrected chi connectivity index (χ1v) is 6.97. The molecule has 100 valence electrons. The molecule has 3 atom stereocenters. The van der Waals surface area contributed by atoms with Crippen molar-refractivity contribution in [1.29, 1.82) is 0 Å². The summed E-state index contributed by atoms with van der Waals surface area (Å²) in [6.07, 6.45) is 5.75. The monoisotopic (exact) mass is 248 g/mol. The fraction of sp³-hybridized carbons (Fsp3) is 0.667. The molecule has 0 saturated heterocycles. The predicted molar refractivity (Wildman–Crippen MR) is 73.9 cm³/mol. The van der Waals surface area contributed by atoms with Crippen LogP contribution in [0.3, 0.4) is 0 Å². The van der Waals surface area contributed by atoms with E-state index >= 15 is 0 Å². The summed E-state index contributed by atoms with van der Waals surface area (Å²) in [6, 6.07) is 4.62. The maximum absolute atomic E-state index is 5.54. The van der Waals surface area contributed by atoms with Gasteiger partial charge in [-0.2, -0.15) is 0 Å². The van der Waals surface area contributed by atoms with Crippen molar-refractivity contribution in [2.45, 2.75) is 51.2 Å². The molecule has 0 aromatic carbocycles. The standard InChI is InChI=1S/C15H24N2O/c1-4-16-14(11(2)18-3)13-9-5-7-12-8-6-10-17-15(12)13/h6,8,10-11,13-14,16H,4-5,7,9H2,1-3H3. The molecular weight excluding hydrogens is 224 g/mol. The molecule has 0 radical (unpaired) electrons. The molecule has 0 fully saturated rings. The van der Waals surface area contributed by atoms with Crippen molar-refractivity contribution in [1.82, 2.24) is 10.3 Å². The van der Waals surface area contributed by atoms with Crippen molar-refractivity contribution in [3.63, 3.8) is 0 Å². The SMILES string of the molecule is CCNC(C(C)OC)C1CCCc2cccnc21. The van der Waals surface area contributed by atoms with Crippen LogP contribution in [0.1, 0.15) is 43.9 Å². The number of nitrogens with one attached hydrogen (secondary N) is 1. The lowest BCUT2D eigenvalue weighted by molar-refractivity contribution is 0.0707. The molecule has 1 aliphatic carbocycles. The van der Waals surface area contributed by atoms with Crippen LogP contribution in [0.15, 0.2) is 18.3 Å². The van der Waals surface area contributed by atoms with Crippen molar-refractivity contribution in [3.8, 4) is 0 Å². The highest BCUT2D eigenvalue weighted by Crippen LogP contribution is 2.33. The van der Waals surface area contributed by atoms with Gasteiger partial charge in [-0.15, -0.1) is 0 Å². The molecule has 0 aliphatic heterocycles. The zero-order valence-electron chi connectivity index (χ0n) is 11.6. The van der Waals surface area contributed by atoms with Gasteiger partial charge in [-0.05, 0) is 44.4 Å². The Morgan fingerprint density at radius 3 is 3.11 bits per heavy atom. The molecule has 1 aliphatic rings. The third kappa shape index (κ3) is 2.73. The van der Waals surface area contributed by atoms with E-state index in [9.17, 15) is 0 Å². The average molecular weight is 248 g/mol. The highest BCUT2D eigenvalue weighted by Gasteiger charge is 2.31. The molecule has 2 rings (SSSR count). The summed E-state index contributed by atoms with van der Waals surface area (Å²) in [5.41, 5.74) is 2.69. The number of nitrogens with zero attached hydrogens (tertiary/aromatic N) is 1. The van der Waals surface area contributed by atoms with E-state index in [1.165, 1.54) is 30.5 Å². The van der Waals surface area contributed by atoms with Crippen molar-refractivity contribution in [3.05, 3.63) is 29.6 Å². The van der Waals surface area contributed by atoms with Gasteiger partial charge in [-0.1, -0.05) is 13.0 Å². The van der Waals surface area contributed by atoms with Gasteiger partial charge in [0.1, 0.15) is 0 Å². The molecule has 0 spiro atoms. The van der Waals surface area contributed by atoms with E-state index in [2.05, 4.69) is 30.2 Å². The topological polar surface area (TPSA) is 34.1 Å². The van der Waals surface area contributed by atoms with Crippen LogP contribution in [0.4, 0.5) is 0 Å². The highest BCUT2D eigenvalue weighted by atomic mass is 16.5. The average Bonchev–Trinajstić information content (AvgIpc) is 2.43. The zero-order chi connectivity index (χ0) is 13.0. The summed E-state index contributed by atoms with van der Waals surface area (Å²) in [7, 11) is 1.79. The Labute approximate surface area is 110 Å². The van der Waals surface area contributed by atoms with Crippen LogP contribution in [-0.2, 0) is 11.2 Å². The van der Waals surface area contributed by atoms with Crippen LogP contribution in [0.2, 0.25) is 0 Å². The van der Waals surface area contributed by atoms with Gasteiger partial charge in [-0.25, -0.2) is 0 Å². The van der Waals surface area contributed by atoms with Gasteiger partial charge in [0.05, 0.1) is 6.10 Å². The molecule has 0 saturated carbocycles. The van der Waals surface area contributed by atoms with Gasteiger partial charge in [-0.3, -0.25) is 4.98 Å². The van der Waals surface area contributed by atoms with Crippen LogP contribution in [0.5, 0.6) is 0 Å². The molecule has 1 heterocycles. The highest BCUT2D eigenvalue weighted by molar-refractivity contribution is 5.27. The molecule has 3 unspecified atom stereocenters. The molecule has 1 aromatic rings. The van der Waals surface area contributed by atoms with E-state index in [0.717, 1.165) is 6.54 Å². The largest absolute Gasteiger partial charge is 0.380 e. The predicted octanol–water partition coefficient (Wildman–Crippen LogP) is 2.51. The summed E-state index contributed by atoms with van der Waals surface area (Å²) in [6.45, 7) is 5.26. The lowest BCUT2D eigenvalue weighted by Crippen LogP contribution is -2.45. The third-order valence-corrected chi connectivity index (χ3v) is 3.99. The van der Waals surface area contributed by atoms with Gasteiger partial charge < -0.3 is 10.1 Å². The number of likely N-dealkylation sites (N-methyl/N-ethyl adjacent to an activating group) is 1. The fourth-order valence-corrected chi connectivity index (χ4v) is 3.01. The Morgan fingerprint density at radius 2 is 2.39 bits per heavy atom. The summed E-state index contributed by atoms with van der Waals surface area (Å²) in [5, 5.41) is 3.58. The molecule has 0 amide bonds. The van der Waals surface area contributed by atoms with E-state index in [1.54, 1.807) is 7.11 Å². The number of fused-ring (bicyclic) bond motifs is 1. The first-order valence-electron chi connectivity index (χ1n) is 6.97. The van der Waals surface area contributed by atoms with Crippen LogP contribution in [0, 0.1) is 0 Å². The van der Waals surface area contributed by atoms with Gasteiger partial charge >= 0.3 is 0 Å². The summed E-state index contributed by atoms with van der Waals surface area (Å²) in [4.78, 5) is 4.62. The lowest BCUT2D eigenvalue weighted by atomic mass is 9.80. The molecule has 3 heteroatoms. The normalized spacial score (nSPS) is 22.3.